The van der Waals surface area contributed by atoms with Crippen molar-refractivity contribution in [1.29, 1.82) is 0 Å². The van der Waals surface area contributed by atoms with Gasteiger partial charge in [-0.1, -0.05) is 36.4 Å². The zero-order valence-corrected chi connectivity index (χ0v) is 13.0. The smallest absolute Gasteiger partial charge is 0.303 e. The van der Waals surface area contributed by atoms with Crippen molar-refractivity contribution in [3.63, 3.8) is 0 Å². The maximum absolute atomic E-state index is 11.6. The molecule has 0 fully saturated rings. The molecule has 0 bridgehead atoms. The second-order valence-electron chi connectivity index (χ2n) is 5.28. The molecule has 24 heavy (non-hydrogen) atoms. The molecule has 2 rings (SSSR count). The number of nitrogens with two attached hydrogens (primary N) is 1. The zero-order chi connectivity index (χ0) is 17.5. The number of amides is 2. The van der Waals surface area contributed by atoms with Crippen LogP contribution in [-0.2, 0) is 16.1 Å². The number of hydrogen-bond donors (Lipinski definition) is 3. The molecule has 6 heteroatoms. The van der Waals surface area contributed by atoms with Gasteiger partial charge in [0.1, 0.15) is 0 Å². The molecule has 0 heterocycles. The molecule has 6 nitrogen and oxygen atoms in total. The normalized spacial score (nSPS) is 10.2. The van der Waals surface area contributed by atoms with Gasteiger partial charge in [0.2, 0.25) is 11.8 Å². The van der Waals surface area contributed by atoms with Crippen LogP contribution in [-0.4, -0.2) is 22.9 Å². The highest BCUT2D eigenvalue weighted by molar-refractivity contribution is 6.00. The number of aliphatic carboxylic acids is 1. The quantitative estimate of drug-likeness (QED) is 0.722. The second-order valence-corrected chi connectivity index (χ2v) is 5.28. The van der Waals surface area contributed by atoms with Crippen LogP contribution >= 0.6 is 0 Å². The van der Waals surface area contributed by atoms with Crippen molar-refractivity contribution in [2.24, 2.45) is 5.73 Å². The number of benzene rings is 2. The van der Waals surface area contributed by atoms with Gasteiger partial charge in [0.15, 0.2) is 0 Å². The highest BCUT2D eigenvalue weighted by Gasteiger charge is 2.11. The summed E-state index contributed by atoms with van der Waals surface area (Å²) >= 11 is 0. The third kappa shape index (κ3) is 4.67. The molecule has 0 aliphatic heterocycles. The number of primary amides is 1. The van der Waals surface area contributed by atoms with Crippen molar-refractivity contribution >= 4 is 17.8 Å². The van der Waals surface area contributed by atoms with Gasteiger partial charge in [0.05, 0.1) is 6.42 Å². The van der Waals surface area contributed by atoms with E-state index in [-0.39, 0.29) is 25.3 Å². The third-order valence-electron chi connectivity index (χ3n) is 3.49. The Hall–Kier alpha value is -3.15. The molecule has 0 saturated heterocycles. The lowest BCUT2D eigenvalue weighted by atomic mass is 9.97. The summed E-state index contributed by atoms with van der Waals surface area (Å²) in [5.41, 5.74) is 8.17. The minimum atomic E-state index is -1.01. The molecule has 2 aromatic carbocycles. The van der Waals surface area contributed by atoms with Crippen molar-refractivity contribution in [3.8, 4) is 11.1 Å². The number of rotatable bonds is 7. The van der Waals surface area contributed by atoms with Gasteiger partial charge in [0.25, 0.3) is 0 Å². The molecule has 0 aliphatic rings. The van der Waals surface area contributed by atoms with Crippen LogP contribution in [0.15, 0.2) is 48.5 Å². The molecule has 124 valence electrons. The maximum Gasteiger partial charge on any atom is 0.303 e. The van der Waals surface area contributed by atoms with Crippen molar-refractivity contribution in [2.75, 3.05) is 0 Å². The highest BCUT2D eigenvalue weighted by Crippen LogP contribution is 2.24. The second kappa shape index (κ2) is 7.92. The zero-order valence-electron chi connectivity index (χ0n) is 13.0. The number of carboxylic acids is 1. The Balaban J connectivity index is 2.16. The van der Waals surface area contributed by atoms with Crippen molar-refractivity contribution in [1.82, 2.24) is 5.32 Å². The van der Waals surface area contributed by atoms with Crippen LogP contribution in [0.5, 0.6) is 0 Å². The fraction of sp³-hybridized carbons (Fsp3) is 0.167. The predicted molar refractivity (Wildman–Crippen MR) is 89.1 cm³/mol. The Kier molecular flexibility index (Phi) is 5.68. The Morgan fingerprint density at radius 1 is 1.00 bits per heavy atom. The molecule has 0 unspecified atom stereocenters. The van der Waals surface area contributed by atoms with E-state index in [1.54, 1.807) is 18.2 Å². The molecule has 2 aromatic rings. The first kappa shape index (κ1) is 17.2. The monoisotopic (exact) mass is 326 g/mol. The van der Waals surface area contributed by atoms with Crippen LogP contribution in [0.1, 0.15) is 28.8 Å². The molecular formula is C18H18N2O4. The first-order valence-electron chi connectivity index (χ1n) is 7.44. The van der Waals surface area contributed by atoms with Gasteiger partial charge >= 0.3 is 5.97 Å². The minimum absolute atomic E-state index is 0.0692. The molecule has 0 saturated carbocycles. The van der Waals surface area contributed by atoms with Gasteiger partial charge in [-0.15, -0.1) is 0 Å². The van der Waals surface area contributed by atoms with E-state index in [2.05, 4.69) is 5.32 Å². The summed E-state index contributed by atoms with van der Waals surface area (Å²) in [4.78, 5) is 33.7. The van der Waals surface area contributed by atoms with Crippen LogP contribution in [0.4, 0.5) is 0 Å². The first-order chi connectivity index (χ1) is 11.5. The van der Waals surface area contributed by atoms with Crippen molar-refractivity contribution in [3.05, 3.63) is 59.7 Å². The maximum atomic E-state index is 11.6. The van der Waals surface area contributed by atoms with E-state index >= 15 is 0 Å². The number of nitrogens with one attached hydrogen (secondary N) is 1. The summed E-state index contributed by atoms with van der Waals surface area (Å²) in [5, 5.41) is 11.2. The van der Waals surface area contributed by atoms with Crippen molar-refractivity contribution < 1.29 is 19.5 Å². The van der Waals surface area contributed by atoms with E-state index in [9.17, 15) is 14.4 Å². The van der Waals surface area contributed by atoms with Crippen molar-refractivity contribution in [2.45, 2.75) is 19.4 Å². The molecule has 0 spiro atoms. The van der Waals surface area contributed by atoms with Crippen LogP contribution in [0.3, 0.4) is 0 Å². The molecule has 0 atom stereocenters. The topological polar surface area (TPSA) is 109 Å². The average Bonchev–Trinajstić information content (AvgIpc) is 2.58. The molecule has 2 amide bonds. The summed E-state index contributed by atoms with van der Waals surface area (Å²) in [6, 6.07) is 14.5. The summed E-state index contributed by atoms with van der Waals surface area (Å²) in [5.74, 6) is -1.87. The summed E-state index contributed by atoms with van der Waals surface area (Å²) in [6.45, 7) is 0.247. The Labute approximate surface area is 139 Å². The number of carbonyl (C=O) groups is 3. The van der Waals surface area contributed by atoms with E-state index in [1.165, 1.54) is 0 Å². The largest absolute Gasteiger partial charge is 0.481 e. The summed E-state index contributed by atoms with van der Waals surface area (Å²) in [7, 11) is 0. The van der Waals surface area contributed by atoms with Crippen LogP contribution < -0.4 is 11.1 Å². The molecule has 0 aliphatic carbocycles. The number of carbonyl (C=O) groups excluding carboxylic acids is 2. The van der Waals surface area contributed by atoms with Gasteiger partial charge in [-0.25, -0.2) is 0 Å². The average molecular weight is 326 g/mol. The van der Waals surface area contributed by atoms with E-state index in [1.807, 2.05) is 30.3 Å². The fourth-order valence-corrected chi connectivity index (χ4v) is 2.28. The van der Waals surface area contributed by atoms with E-state index in [0.29, 0.717) is 11.1 Å². The lowest BCUT2D eigenvalue weighted by Crippen LogP contribution is -2.23. The van der Waals surface area contributed by atoms with Gasteiger partial charge in [-0.2, -0.15) is 0 Å². The van der Waals surface area contributed by atoms with E-state index in [0.717, 1.165) is 11.1 Å². The van der Waals surface area contributed by atoms with Crippen LogP contribution in [0.2, 0.25) is 0 Å². The molecule has 4 N–H and O–H groups in total. The minimum Gasteiger partial charge on any atom is -0.481 e. The van der Waals surface area contributed by atoms with Crippen LogP contribution in [0.25, 0.3) is 11.1 Å². The molecular weight excluding hydrogens is 308 g/mol. The summed E-state index contributed by atoms with van der Waals surface area (Å²) < 4.78 is 0. The number of carboxylic acid groups (broad SMARTS) is 1. The summed E-state index contributed by atoms with van der Waals surface area (Å²) in [6.07, 6.45) is -0.276. The van der Waals surface area contributed by atoms with Crippen LogP contribution in [0, 0.1) is 0 Å². The van der Waals surface area contributed by atoms with Gasteiger partial charge in [-0.05, 0) is 28.8 Å². The molecule has 0 radical (unpaired) electrons. The highest BCUT2D eigenvalue weighted by atomic mass is 16.4. The predicted octanol–water partition coefficient (Wildman–Crippen LogP) is 1.93. The third-order valence-corrected chi connectivity index (χ3v) is 3.49. The Bertz CT molecular complexity index is 757. The lowest BCUT2D eigenvalue weighted by Gasteiger charge is -2.11. The number of hydrogen-bond acceptors (Lipinski definition) is 3. The lowest BCUT2D eigenvalue weighted by molar-refractivity contribution is -0.138. The SMILES string of the molecule is NC(=O)c1ccc(CNC(=O)CCC(=O)O)cc1-c1ccccc1. The van der Waals surface area contributed by atoms with E-state index < -0.39 is 11.9 Å². The Morgan fingerprint density at radius 3 is 2.33 bits per heavy atom. The van der Waals surface area contributed by atoms with Gasteiger partial charge in [-0.3, -0.25) is 14.4 Å². The van der Waals surface area contributed by atoms with Gasteiger partial charge < -0.3 is 16.2 Å². The Morgan fingerprint density at radius 2 is 1.71 bits per heavy atom. The van der Waals surface area contributed by atoms with E-state index in [4.69, 9.17) is 10.8 Å². The van der Waals surface area contributed by atoms with Gasteiger partial charge in [0, 0.05) is 18.5 Å². The first-order valence-corrected chi connectivity index (χ1v) is 7.44. The molecule has 0 aromatic heterocycles. The standard InChI is InChI=1S/C18H18N2O4/c19-18(24)14-7-6-12(11-20-16(21)8-9-17(22)23)10-15(14)13-4-2-1-3-5-13/h1-7,10H,8-9,11H2,(H2,19,24)(H,20,21)(H,22,23). The fourth-order valence-electron chi connectivity index (χ4n) is 2.28.